The molecule has 1 aliphatic heterocycles. The average Bonchev–Trinajstić information content (AvgIpc) is 3.61. The largest absolute Gasteiger partial charge is 0.378 e. The minimum atomic E-state index is -2.88. The highest BCUT2D eigenvalue weighted by Crippen LogP contribution is 2.40. The molecule has 1 aromatic heterocycles. The molecule has 1 saturated carbocycles. The van der Waals surface area contributed by atoms with E-state index in [9.17, 15) is 18.0 Å². The van der Waals surface area contributed by atoms with Crippen molar-refractivity contribution < 1.29 is 22.7 Å². The lowest BCUT2D eigenvalue weighted by molar-refractivity contribution is -0.132. The van der Waals surface area contributed by atoms with Crippen molar-refractivity contribution in [2.45, 2.75) is 44.3 Å². The zero-order chi connectivity index (χ0) is 25.6. The molecule has 5 nitrogen and oxygen atoms in total. The van der Waals surface area contributed by atoms with E-state index in [0.717, 1.165) is 46.7 Å². The van der Waals surface area contributed by atoms with Crippen molar-refractivity contribution in [3.63, 3.8) is 0 Å². The second-order valence-electron chi connectivity index (χ2n) is 9.94. The van der Waals surface area contributed by atoms with Crippen LogP contribution in [0.15, 0.2) is 42.5 Å². The Labute approximate surface area is 209 Å². The van der Waals surface area contributed by atoms with Crippen LogP contribution < -0.4 is 10.9 Å². The summed E-state index contributed by atoms with van der Waals surface area (Å²) in [5.41, 5.74) is 2.14. The van der Waals surface area contributed by atoms with Crippen LogP contribution in [-0.2, 0) is 15.1 Å². The van der Waals surface area contributed by atoms with Crippen molar-refractivity contribution in [2.24, 2.45) is 5.92 Å². The molecule has 5 rings (SSSR count). The number of aromatic nitrogens is 1. The molecule has 1 amide bonds. The second kappa shape index (κ2) is 9.43. The average molecular weight is 495 g/mol. The topological polar surface area (TPSA) is 54.5 Å². The van der Waals surface area contributed by atoms with E-state index in [1.165, 1.54) is 12.1 Å². The Bertz CT molecular complexity index is 1320. The van der Waals surface area contributed by atoms with Gasteiger partial charge in [-0.05, 0) is 55.5 Å². The molecule has 0 unspecified atom stereocenters. The molecule has 2 aromatic carbocycles. The molecule has 0 spiro atoms. The number of ether oxygens (including phenoxy) is 1. The van der Waals surface area contributed by atoms with Crippen molar-refractivity contribution in [1.29, 1.82) is 0 Å². The lowest BCUT2D eigenvalue weighted by Crippen LogP contribution is -2.36. The number of nitrogens with zero attached hydrogens (tertiary/aromatic N) is 2. The highest BCUT2D eigenvalue weighted by molar-refractivity contribution is 6.31. The first-order valence-corrected chi connectivity index (χ1v) is 12.3. The number of hydrogen-bond donors (Lipinski definition) is 1. The van der Waals surface area contributed by atoms with E-state index < -0.39 is 29.4 Å². The fourth-order valence-electron chi connectivity index (χ4n) is 5.22. The first-order chi connectivity index (χ1) is 17.2. The number of pyridine rings is 1. The Morgan fingerprint density at radius 1 is 1.22 bits per heavy atom. The van der Waals surface area contributed by atoms with E-state index in [0.29, 0.717) is 19.5 Å². The maximum Gasteiger partial charge on any atom is 0.266 e. The fourth-order valence-corrected chi connectivity index (χ4v) is 5.22. The molecular weight excluding hydrogens is 466 g/mol. The first-order valence-electron chi connectivity index (χ1n) is 12.3. The van der Waals surface area contributed by atoms with Crippen LogP contribution >= 0.6 is 0 Å². The molecule has 2 fully saturated rings. The Hall–Kier alpha value is -3.07. The highest BCUT2D eigenvalue weighted by atomic mass is 19.3. The number of rotatable bonds is 7. The summed E-state index contributed by atoms with van der Waals surface area (Å²) in [6.45, 7) is 2.89. The summed E-state index contributed by atoms with van der Waals surface area (Å²) >= 11 is 0. The zero-order valence-electron chi connectivity index (χ0n) is 20.7. The Morgan fingerprint density at radius 3 is 2.67 bits per heavy atom. The van der Waals surface area contributed by atoms with Gasteiger partial charge in [-0.1, -0.05) is 24.3 Å². The number of benzene rings is 2. The van der Waals surface area contributed by atoms with Crippen LogP contribution in [0.3, 0.4) is 0 Å². The minimum Gasteiger partial charge on any atom is -0.378 e. The number of hydrogen-bond acceptors (Lipinski definition) is 4. The molecule has 9 heteroatoms. The highest BCUT2D eigenvalue weighted by Gasteiger charge is 2.45. The van der Waals surface area contributed by atoms with Gasteiger partial charge in [-0.15, -0.1) is 0 Å². The summed E-state index contributed by atoms with van der Waals surface area (Å²) in [6.07, 6.45) is -0.265. The maximum atomic E-state index is 14.8. The van der Waals surface area contributed by atoms with Crippen molar-refractivity contribution in [3.05, 3.63) is 65.0 Å². The molecule has 2 heterocycles. The van der Waals surface area contributed by atoms with Gasteiger partial charge < -0.3 is 15.0 Å². The lowest BCUT2D eigenvalue weighted by atomic mass is 9.90. The van der Waals surface area contributed by atoms with E-state index in [2.05, 4.69) is 10.3 Å². The van der Waals surface area contributed by atoms with Gasteiger partial charge in [-0.25, -0.2) is 13.2 Å². The molecule has 188 valence electrons. The van der Waals surface area contributed by atoms with Crippen LogP contribution in [-0.4, -0.2) is 43.8 Å². The smallest absolute Gasteiger partial charge is 0.266 e. The van der Waals surface area contributed by atoms with E-state index >= 15 is 0 Å². The molecule has 0 radical (unpaired) electrons. The van der Waals surface area contributed by atoms with Crippen LogP contribution in [0.1, 0.15) is 55.3 Å². The quantitative estimate of drug-likeness (QED) is 0.499. The van der Waals surface area contributed by atoms with Crippen molar-refractivity contribution in [2.75, 3.05) is 25.5 Å². The third-order valence-electron chi connectivity index (χ3n) is 7.46. The van der Waals surface area contributed by atoms with E-state index in [1.54, 1.807) is 14.0 Å². The molecule has 0 bridgehead atoms. The number of halogens is 3. The predicted octanol–water partition coefficient (Wildman–Crippen LogP) is 4.23. The molecular formula is C27H29BF3N3O2. The van der Waals surface area contributed by atoms with Gasteiger partial charge in [0.1, 0.15) is 11.4 Å². The van der Waals surface area contributed by atoms with Gasteiger partial charge in [0.15, 0.2) is 7.85 Å². The van der Waals surface area contributed by atoms with Gasteiger partial charge in [0.25, 0.3) is 6.43 Å². The predicted molar refractivity (Wildman–Crippen MR) is 136 cm³/mol. The van der Waals surface area contributed by atoms with Crippen molar-refractivity contribution in [3.8, 4) is 0 Å². The number of amides is 1. The summed E-state index contributed by atoms with van der Waals surface area (Å²) in [5.74, 6) is -0.535. The third-order valence-corrected chi connectivity index (χ3v) is 7.46. The van der Waals surface area contributed by atoms with Gasteiger partial charge >= 0.3 is 0 Å². The standard InChI is InChI=1S/C27H29BF3N3O2/c1-15(18-4-3-5-19(24(18)29)25(30)31)32-22-13-23(28)33-21-9-8-17(12-20(21)22)27(36-2)10-11-34(14-27)26(35)16-6-7-16/h3-5,8-9,12-13,15-16,25H,6-7,10-11,14,28H2,1-2H3,(H,32,33)/t15-,27+/m1/s1. The van der Waals surface area contributed by atoms with Crippen LogP contribution in [0, 0.1) is 11.7 Å². The molecule has 2 aliphatic rings. The van der Waals surface area contributed by atoms with E-state index in [-0.39, 0.29) is 17.4 Å². The zero-order valence-corrected chi connectivity index (χ0v) is 20.7. The Balaban J connectivity index is 1.49. The van der Waals surface area contributed by atoms with Gasteiger partial charge in [-0.2, -0.15) is 0 Å². The summed E-state index contributed by atoms with van der Waals surface area (Å²) in [6, 6.07) is 11.3. The molecule has 36 heavy (non-hydrogen) atoms. The summed E-state index contributed by atoms with van der Waals surface area (Å²) in [4.78, 5) is 19.2. The summed E-state index contributed by atoms with van der Waals surface area (Å²) in [5, 5.41) is 4.14. The SMILES string of the molecule is Bc1cc(N[C@H](C)c2cccc(C(F)F)c2F)c2cc([C@]3(OC)CCN(C(=O)C4CC4)C3)ccc2n1. The molecule has 1 saturated heterocycles. The Kier molecular flexibility index (Phi) is 6.45. The van der Waals surface area contributed by atoms with Gasteiger partial charge in [0, 0.05) is 36.2 Å². The van der Waals surface area contributed by atoms with Crippen LogP contribution in [0.2, 0.25) is 0 Å². The summed E-state index contributed by atoms with van der Waals surface area (Å²) < 4.78 is 47.3. The van der Waals surface area contributed by atoms with Crippen LogP contribution in [0.25, 0.3) is 10.9 Å². The minimum absolute atomic E-state index is 0.155. The number of likely N-dealkylation sites (tertiary alicyclic amines) is 1. The fraction of sp³-hybridized carbons (Fsp3) is 0.407. The van der Waals surface area contributed by atoms with Gasteiger partial charge in [-0.3, -0.25) is 9.78 Å². The molecule has 3 aromatic rings. The van der Waals surface area contributed by atoms with E-state index in [1.807, 2.05) is 37.0 Å². The monoisotopic (exact) mass is 495 g/mol. The van der Waals surface area contributed by atoms with Crippen molar-refractivity contribution >= 4 is 35.9 Å². The van der Waals surface area contributed by atoms with E-state index in [4.69, 9.17) is 4.74 Å². The first kappa shape index (κ1) is 24.6. The number of fused-ring (bicyclic) bond motifs is 1. The lowest BCUT2D eigenvalue weighted by Gasteiger charge is -2.29. The number of nitrogens with one attached hydrogen (secondary N) is 1. The van der Waals surface area contributed by atoms with Crippen LogP contribution in [0.4, 0.5) is 18.9 Å². The third kappa shape index (κ3) is 4.45. The van der Waals surface area contributed by atoms with Crippen LogP contribution in [0.5, 0.6) is 0 Å². The summed E-state index contributed by atoms with van der Waals surface area (Å²) in [7, 11) is 3.54. The Morgan fingerprint density at radius 2 is 1.97 bits per heavy atom. The number of anilines is 1. The number of carbonyl (C=O) groups is 1. The normalized spacial score (nSPS) is 20.8. The van der Waals surface area contributed by atoms with Gasteiger partial charge in [0.05, 0.1) is 23.7 Å². The van der Waals surface area contributed by atoms with Gasteiger partial charge in [0.2, 0.25) is 5.91 Å². The number of methoxy groups -OCH3 is 1. The number of carbonyl (C=O) groups excluding carboxylic acids is 1. The van der Waals surface area contributed by atoms with Crippen molar-refractivity contribution in [1.82, 2.24) is 9.88 Å². The molecule has 1 N–H and O–H groups in total. The maximum absolute atomic E-state index is 14.8. The second-order valence-corrected chi connectivity index (χ2v) is 9.94. The molecule has 1 aliphatic carbocycles. The number of alkyl halides is 2. The molecule has 2 atom stereocenters.